The van der Waals surface area contributed by atoms with E-state index in [2.05, 4.69) is 10.0 Å². The first-order valence-corrected chi connectivity index (χ1v) is 17.1. The molecular weight excluding hydrogens is 604 g/mol. The molecule has 0 aliphatic heterocycles. The number of nitrogens with one attached hydrogen (secondary N) is 2. The van der Waals surface area contributed by atoms with Gasteiger partial charge in [0.25, 0.3) is 0 Å². The van der Waals surface area contributed by atoms with Crippen LogP contribution < -0.4 is 19.5 Å². The number of ether oxygens (including phenoxy) is 2. The molecular formula is C36H40N2O7S. The number of sulfonamides is 1. The highest BCUT2D eigenvalue weighted by Gasteiger charge is 2.23. The summed E-state index contributed by atoms with van der Waals surface area (Å²) in [5.41, 5.74) is 3.32. The van der Waals surface area contributed by atoms with E-state index in [1.807, 2.05) is 48.5 Å². The fourth-order valence-electron chi connectivity index (χ4n) is 5.62. The molecule has 0 amide bonds. The van der Waals surface area contributed by atoms with Gasteiger partial charge in [-0.2, -0.15) is 0 Å². The molecule has 0 spiro atoms. The summed E-state index contributed by atoms with van der Waals surface area (Å²) in [6, 6.07) is 30.9. The van der Waals surface area contributed by atoms with Gasteiger partial charge in [0.2, 0.25) is 10.0 Å². The van der Waals surface area contributed by atoms with Crippen LogP contribution in [0.4, 0.5) is 5.69 Å². The van der Waals surface area contributed by atoms with Crippen molar-refractivity contribution in [1.29, 1.82) is 0 Å². The van der Waals surface area contributed by atoms with E-state index in [1.54, 1.807) is 54.6 Å². The molecule has 0 radical (unpaired) electrons. The van der Waals surface area contributed by atoms with E-state index >= 15 is 0 Å². The maximum absolute atomic E-state index is 13.1. The zero-order valence-electron chi connectivity index (χ0n) is 25.5. The molecule has 0 heterocycles. The molecule has 5 rings (SSSR count). The smallest absolute Gasteiger partial charge is 0.335 e. The Morgan fingerprint density at radius 3 is 2.13 bits per heavy atom. The van der Waals surface area contributed by atoms with E-state index in [-0.39, 0.29) is 30.7 Å². The number of aromatic carboxylic acids is 1. The Morgan fingerprint density at radius 1 is 0.826 bits per heavy atom. The molecule has 1 aliphatic carbocycles. The van der Waals surface area contributed by atoms with Crippen LogP contribution in [0.1, 0.15) is 58.6 Å². The van der Waals surface area contributed by atoms with Gasteiger partial charge in [-0.05, 0) is 72.6 Å². The van der Waals surface area contributed by atoms with Crippen molar-refractivity contribution >= 4 is 21.7 Å². The number of benzene rings is 4. The van der Waals surface area contributed by atoms with Crippen molar-refractivity contribution < 1.29 is 32.9 Å². The van der Waals surface area contributed by atoms with Crippen molar-refractivity contribution in [2.24, 2.45) is 0 Å². The molecule has 4 aromatic carbocycles. The molecule has 1 saturated carbocycles. The fraction of sp³-hybridized carbons (Fsp3) is 0.306. The maximum Gasteiger partial charge on any atom is 0.335 e. The first kappa shape index (κ1) is 33.0. The Kier molecular flexibility index (Phi) is 11.3. The lowest BCUT2D eigenvalue weighted by molar-refractivity contribution is 0.0696. The Labute approximate surface area is 270 Å². The van der Waals surface area contributed by atoms with Crippen LogP contribution in [0.2, 0.25) is 0 Å². The van der Waals surface area contributed by atoms with Gasteiger partial charge in [-0.25, -0.2) is 13.2 Å². The summed E-state index contributed by atoms with van der Waals surface area (Å²) in [4.78, 5) is 11.1. The van der Waals surface area contributed by atoms with Crippen LogP contribution in [0.5, 0.6) is 11.5 Å². The number of aliphatic hydroxyl groups is 1. The van der Waals surface area contributed by atoms with Crippen LogP contribution in [0.3, 0.4) is 0 Å². The summed E-state index contributed by atoms with van der Waals surface area (Å²) >= 11 is 0. The van der Waals surface area contributed by atoms with Crippen molar-refractivity contribution in [3.05, 3.63) is 125 Å². The van der Waals surface area contributed by atoms with E-state index in [4.69, 9.17) is 14.6 Å². The van der Waals surface area contributed by atoms with E-state index in [0.29, 0.717) is 35.1 Å². The highest BCUT2D eigenvalue weighted by Crippen LogP contribution is 2.34. The van der Waals surface area contributed by atoms with Crippen LogP contribution in [-0.2, 0) is 22.4 Å². The topological polar surface area (TPSA) is 134 Å². The molecule has 0 unspecified atom stereocenters. The summed E-state index contributed by atoms with van der Waals surface area (Å²) in [6.45, 7) is 0.647. The SMILES string of the molecule is O=C(O)c1ccc(C2CCC(NC[C@H](O)COc3ccc(OCc4ccccc4)c(NS(=O)(=O)Cc4ccccc4)c3)CC2)cc1. The normalized spacial score (nSPS) is 17.2. The van der Waals surface area contributed by atoms with E-state index < -0.39 is 22.1 Å². The zero-order chi connectivity index (χ0) is 32.4. The van der Waals surface area contributed by atoms with Crippen LogP contribution in [0.25, 0.3) is 0 Å². The number of carboxylic acids is 1. The molecule has 0 aromatic heterocycles. The molecule has 4 aromatic rings. The number of carbonyl (C=O) groups is 1. The summed E-state index contributed by atoms with van der Waals surface area (Å²) < 4.78 is 40.7. The van der Waals surface area contributed by atoms with Gasteiger partial charge in [0.05, 0.1) is 17.0 Å². The van der Waals surface area contributed by atoms with Crippen LogP contribution in [-0.4, -0.2) is 49.9 Å². The second-order valence-electron chi connectivity index (χ2n) is 11.6. The summed E-state index contributed by atoms with van der Waals surface area (Å²) in [5.74, 6) is 0.0469. The summed E-state index contributed by atoms with van der Waals surface area (Å²) in [6.07, 6.45) is 3.11. The lowest BCUT2D eigenvalue weighted by atomic mass is 9.81. The number of anilines is 1. The maximum atomic E-state index is 13.1. The zero-order valence-corrected chi connectivity index (χ0v) is 26.4. The minimum Gasteiger partial charge on any atom is -0.491 e. The minimum atomic E-state index is -3.76. The molecule has 1 aliphatic rings. The molecule has 9 nitrogen and oxygen atoms in total. The quantitative estimate of drug-likeness (QED) is 0.125. The van der Waals surface area contributed by atoms with Crippen molar-refractivity contribution in [1.82, 2.24) is 5.32 Å². The Morgan fingerprint density at radius 2 is 1.48 bits per heavy atom. The molecule has 242 valence electrons. The number of hydrogen-bond donors (Lipinski definition) is 4. The first-order chi connectivity index (χ1) is 22.2. The van der Waals surface area contributed by atoms with Crippen LogP contribution >= 0.6 is 0 Å². The van der Waals surface area contributed by atoms with E-state index in [0.717, 1.165) is 36.8 Å². The van der Waals surface area contributed by atoms with Gasteiger partial charge < -0.3 is 25.0 Å². The van der Waals surface area contributed by atoms with E-state index in [1.165, 1.54) is 0 Å². The van der Waals surface area contributed by atoms with Gasteiger partial charge >= 0.3 is 5.97 Å². The monoisotopic (exact) mass is 644 g/mol. The van der Waals surface area contributed by atoms with Crippen molar-refractivity contribution in [3.63, 3.8) is 0 Å². The molecule has 1 fully saturated rings. The number of rotatable bonds is 15. The van der Waals surface area contributed by atoms with Gasteiger partial charge in [0.15, 0.2) is 0 Å². The first-order valence-electron chi connectivity index (χ1n) is 15.5. The van der Waals surface area contributed by atoms with Crippen molar-refractivity contribution in [2.45, 2.75) is 56.1 Å². The van der Waals surface area contributed by atoms with Crippen LogP contribution in [0.15, 0.2) is 103 Å². The third-order valence-corrected chi connectivity index (χ3v) is 9.34. The Balaban J connectivity index is 1.14. The third kappa shape index (κ3) is 9.81. The number of aliphatic hydroxyl groups excluding tert-OH is 1. The standard InChI is InChI=1S/C36H40N2O7S/c39-32(22-37-31-17-15-29(16-18-31)28-11-13-30(14-12-28)36(40)41)24-44-33-19-20-35(45-23-26-7-3-1-4-8-26)34(21-33)38-46(42,43)25-27-9-5-2-6-10-27/h1-14,19-21,29,31-32,37-39H,15-18,22-25H2,(H,40,41)/t29?,31?,32-/m0/s1. The largest absolute Gasteiger partial charge is 0.491 e. The number of hydrogen-bond acceptors (Lipinski definition) is 7. The van der Waals surface area contributed by atoms with Gasteiger partial charge in [-0.15, -0.1) is 0 Å². The average molecular weight is 645 g/mol. The molecule has 0 bridgehead atoms. The Hall–Kier alpha value is -4.38. The van der Waals surface area contributed by atoms with Crippen LogP contribution in [0, 0.1) is 0 Å². The van der Waals surface area contributed by atoms with Gasteiger partial charge in [0, 0.05) is 18.7 Å². The summed E-state index contributed by atoms with van der Waals surface area (Å²) in [7, 11) is -3.76. The fourth-order valence-corrected chi connectivity index (χ4v) is 6.82. The second kappa shape index (κ2) is 15.8. The molecule has 10 heteroatoms. The molecule has 1 atom stereocenters. The minimum absolute atomic E-state index is 0.0265. The summed E-state index contributed by atoms with van der Waals surface area (Å²) in [5, 5.41) is 23.2. The van der Waals surface area contributed by atoms with Crippen molar-refractivity contribution in [3.8, 4) is 11.5 Å². The Bertz CT molecular complexity index is 1660. The third-order valence-electron chi connectivity index (χ3n) is 8.09. The van der Waals surface area contributed by atoms with Gasteiger partial charge in [-0.1, -0.05) is 72.8 Å². The second-order valence-corrected chi connectivity index (χ2v) is 13.4. The lowest BCUT2D eigenvalue weighted by Crippen LogP contribution is -2.39. The molecule has 4 N–H and O–H groups in total. The van der Waals surface area contributed by atoms with Crippen molar-refractivity contribution in [2.75, 3.05) is 17.9 Å². The predicted molar refractivity (Wildman–Crippen MR) is 178 cm³/mol. The predicted octanol–water partition coefficient (Wildman–Crippen LogP) is 5.96. The lowest BCUT2D eigenvalue weighted by Gasteiger charge is -2.30. The number of carboxylic acid groups (broad SMARTS) is 1. The highest BCUT2D eigenvalue weighted by molar-refractivity contribution is 7.91. The van der Waals surface area contributed by atoms with Gasteiger partial charge in [0.1, 0.15) is 30.8 Å². The molecule has 46 heavy (non-hydrogen) atoms. The molecule has 0 saturated heterocycles. The average Bonchev–Trinajstić information content (AvgIpc) is 3.07. The highest BCUT2D eigenvalue weighted by atomic mass is 32.2. The van der Waals surface area contributed by atoms with Gasteiger partial charge in [-0.3, -0.25) is 4.72 Å². The van der Waals surface area contributed by atoms with E-state index in [9.17, 15) is 18.3 Å².